The van der Waals surface area contributed by atoms with Crippen molar-refractivity contribution in [3.05, 3.63) is 35.1 Å². The van der Waals surface area contributed by atoms with Crippen LogP contribution in [0, 0.1) is 18.2 Å². The molecule has 1 heterocycles. The largest absolute Gasteiger partial charge is 0.381 e. The maximum absolute atomic E-state index is 13.9. The number of terminal acetylenes is 1. The number of amides is 1. The van der Waals surface area contributed by atoms with Crippen molar-refractivity contribution in [1.29, 1.82) is 0 Å². The van der Waals surface area contributed by atoms with Crippen molar-refractivity contribution in [3.63, 3.8) is 0 Å². The highest BCUT2D eigenvalue weighted by atomic mass is 19.1. The van der Waals surface area contributed by atoms with Crippen molar-refractivity contribution in [2.75, 3.05) is 20.2 Å². The summed E-state index contributed by atoms with van der Waals surface area (Å²) in [6.07, 6.45) is 5.61. The molecule has 1 saturated heterocycles. The molecule has 0 spiro atoms. The molecule has 1 unspecified atom stereocenters. The number of likely N-dealkylation sites (tertiary alicyclic amines) is 1. The van der Waals surface area contributed by atoms with Crippen LogP contribution in [0.3, 0.4) is 0 Å². The summed E-state index contributed by atoms with van der Waals surface area (Å²) in [6, 6.07) is 3.86. The molecule has 1 fully saturated rings. The van der Waals surface area contributed by atoms with Crippen LogP contribution in [0.1, 0.15) is 34.9 Å². The number of aliphatic hydroxyl groups excluding tert-OH is 1. The number of benzene rings is 1. The van der Waals surface area contributed by atoms with Crippen LogP contribution in [-0.2, 0) is 4.74 Å². The number of hydrogen-bond donors (Lipinski definition) is 1. The molecule has 1 aliphatic rings. The van der Waals surface area contributed by atoms with Crippen LogP contribution in [0.25, 0.3) is 0 Å². The van der Waals surface area contributed by atoms with Gasteiger partial charge in [-0.25, -0.2) is 4.39 Å². The van der Waals surface area contributed by atoms with Gasteiger partial charge in [-0.2, -0.15) is 0 Å². The summed E-state index contributed by atoms with van der Waals surface area (Å²) in [5.41, 5.74) is 0.284. The topological polar surface area (TPSA) is 49.8 Å². The number of rotatable bonds is 3. The van der Waals surface area contributed by atoms with Crippen LogP contribution in [0.15, 0.2) is 18.2 Å². The Kier molecular flexibility index (Phi) is 4.94. The van der Waals surface area contributed by atoms with Gasteiger partial charge in [-0.15, -0.1) is 6.42 Å². The number of carbonyl (C=O) groups excluding carboxylic acids is 1. The lowest BCUT2D eigenvalue weighted by atomic mass is 10.0. The first kappa shape index (κ1) is 15.5. The highest BCUT2D eigenvalue weighted by molar-refractivity contribution is 5.94. The Balaban J connectivity index is 2.17. The van der Waals surface area contributed by atoms with E-state index in [-0.39, 0.29) is 17.6 Å². The van der Waals surface area contributed by atoms with Gasteiger partial charge in [0.1, 0.15) is 11.9 Å². The van der Waals surface area contributed by atoms with Crippen molar-refractivity contribution in [2.45, 2.75) is 25.0 Å². The molecule has 4 nitrogen and oxygen atoms in total. The highest BCUT2D eigenvalue weighted by Gasteiger charge is 2.25. The second-order valence-corrected chi connectivity index (χ2v) is 5.04. The summed E-state index contributed by atoms with van der Waals surface area (Å²) < 4.78 is 19.1. The van der Waals surface area contributed by atoms with Gasteiger partial charge in [0.15, 0.2) is 0 Å². The Labute approximate surface area is 123 Å². The summed E-state index contributed by atoms with van der Waals surface area (Å²) >= 11 is 0. The predicted octanol–water partition coefficient (Wildman–Crippen LogP) is 1.74. The molecule has 112 valence electrons. The standard InChI is InChI=1S/C16H18FNO3/c1-3-15(19)11-4-5-14(17)13(10-11)16(20)18-8-6-12(21-2)7-9-18/h1,4-5,10,12,15,19H,6-9H2,2H3. The molecule has 1 aliphatic heterocycles. The van der Waals surface area contributed by atoms with E-state index in [1.807, 2.05) is 0 Å². The third-order valence-corrected chi connectivity index (χ3v) is 3.76. The van der Waals surface area contributed by atoms with Gasteiger partial charge in [-0.1, -0.05) is 12.0 Å². The van der Waals surface area contributed by atoms with Crippen LogP contribution < -0.4 is 0 Å². The molecule has 0 radical (unpaired) electrons. The van der Waals surface area contributed by atoms with E-state index < -0.39 is 11.9 Å². The lowest BCUT2D eigenvalue weighted by molar-refractivity contribution is 0.0348. The van der Waals surface area contributed by atoms with Crippen LogP contribution in [0.2, 0.25) is 0 Å². The molecule has 0 bridgehead atoms. The van der Waals surface area contributed by atoms with Crippen molar-refractivity contribution < 1.29 is 19.0 Å². The molecule has 1 aromatic rings. The smallest absolute Gasteiger partial charge is 0.256 e. The lowest BCUT2D eigenvalue weighted by Gasteiger charge is -2.31. The minimum Gasteiger partial charge on any atom is -0.381 e. The Bertz CT molecular complexity index is 559. The average molecular weight is 291 g/mol. The number of ether oxygens (including phenoxy) is 1. The maximum Gasteiger partial charge on any atom is 0.256 e. The predicted molar refractivity (Wildman–Crippen MR) is 76.1 cm³/mol. The third kappa shape index (κ3) is 3.41. The van der Waals surface area contributed by atoms with Crippen LogP contribution >= 0.6 is 0 Å². The molecule has 0 saturated carbocycles. The molecule has 1 N–H and O–H groups in total. The number of aliphatic hydroxyl groups is 1. The average Bonchev–Trinajstić information content (AvgIpc) is 2.54. The summed E-state index contributed by atoms with van der Waals surface area (Å²) in [5.74, 6) is 1.16. The van der Waals surface area contributed by atoms with Gasteiger partial charge in [0.05, 0.1) is 11.7 Å². The van der Waals surface area contributed by atoms with E-state index in [9.17, 15) is 14.3 Å². The van der Waals surface area contributed by atoms with E-state index >= 15 is 0 Å². The third-order valence-electron chi connectivity index (χ3n) is 3.76. The number of halogens is 1. The van der Waals surface area contributed by atoms with Gasteiger partial charge in [-0.3, -0.25) is 4.79 Å². The monoisotopic (exact) mass is 291 g/mol. The van der Waals surface area contributed by atoms with E-state index in [4.69, 9.17) is 11.2 Å². The van der Waals surface area contributed by atoms with Gasteiger partial charge in [0.2, 0.25) is 0 Å². The van der Waals surface area contributed by atoms with E-state index in [1.165, 1.54) is 12.1 Å². The fourth-order valence-electron chi connectivity index (χ4n) is 2.44. The number of methoxy groups -OCH3 is 1. The molecular weight excluding hydrogens is 273 g/mol. The Morgan fingerprint density at radius 2 is 2.19 bits per heavy atom. The maximum atomic E-state index is 13.9. The zero-order valence-electron chi connectivity index (χ0n) is 11.9. The minimum absolute atomic E-state index is 0.0577. The van der Waals surface area contributed by atoms with E-state index in [1.54, 1.807) is 12.0 Å². The normalized spacial score (nSPS) is 17.3. The molecule has 21 heavy (non-hydrogen) atoms. The van der Waals surface area contributed by atoms with Gasteiger partial charge in [0, 0.05) is 20.2 Å². The second-order valence-electron chi connectivity index (χ2n) is 5.04. The molecule has 1 amide bonds. The van der Waals surface area contributed by atoms with Gasteiger partial charge in [0.25, 0.3) is 5.91 Å². The minimum atomic E-state index is -1.14. The molecular formula is C16H18FNO3. The molecule has 2 rings (SSSR count). The van der Waals surface area contributed by atoms with Gasteiger partial charge < -0.3 is 14.7 Å². The Morgan fingerprint density at radius 3 is 2.76 bits per heavy atom. The second kappa shape index (κ2) is 6.70. The summed E-state index contributed by atoms with van der Waals surface area (Å²) in [6.45, 7) is 1.05. The molecule has 0 aromatic heterocycles. The number of carbonyl (C=O) groups is 1. The molecule has 5 heteroatoms. The molecule has 1 aromatic carbocycles. The van der Waals surface area contributed by atoms with Crippen LogP contribution in [0.5, 0.6) is 0 Å². The van der Waals surface area contributed by atoms with Crippen molar-refractivity contribution >= 4 is 5.91 Å². The Morgan fingerprint density at radius 1 is 1.52 bits per heavy atom. The first-order valence-corrected chi connectivity index (χ1v) is 6.82. The zero-order chi connectivity index (χ0) is 15.4. The van der Waals surface area contributed by atoms with Gasteiger partial charge in [-0.05, 0) is 30.5 Å². The first-order chi connectivity index (χ1) is 10.1. The number of nitrogens with zero attached hydrogens (tertiary/aromatic N) is 1. The quantitative estimate of drug-likeness (QED) is 0.863. The van der Waals surface area contributed by atoms with Crippen molar-refractivity contribution in [1.82, 2.24) is 4.90 Å². The molecule has 0 aliphatic carbocycles. The SMILES string of the molecule is C#CC(O)c1ccc(F)c(C(=O)N2CCC(OC)CC2)c1. The fourth-order valence-corrected chi connectivity index (χ4v) is 2.44. The van der Waals surface area contributed by atoms with E-state index in [0.29, 0.717) is 18.7 Å². The number of hydrogen-bond acceptors (Lipinski definition) is 3. The summed E-state index contributed by atoms with van der Waals surface area (Å²) in [7, 11) is 1.65. The van der Waals surface area contributed by atoms with Crippen molar-refractivity contribution in [2.24, 2.45) is 0 Å². The van der Waals surface area contributed by atoms with Crippen LogP contribution in [-0.4, -0.2) is 42.2 Å². The highest BCUT2D eigenvalue weighted by Crippen LogP contribution is 2.21. The summed E-state index contributed by atoms with van der Waals surface area (Å²) in [4.78, 5) is 14.0. The van der Waals surface area contributed by atoms with E-state index in [0.717, 1.165) is 18.9 Å². The van der Waals surface area contributed by atoms with E-state index in [2.05, 4.69) is 5.92 Å². The Hall–Kier alpha value is -1.90. The lowest BCUT2D eigenvalue weighted by Crippen LogP contribution is -2.41. The zero-order valence-corrected chi connectivity index (χ0v) is 11.9. The van der Waals surface area contributed by atoms with Gasteiger partial charge >= 0.3 is 0 Å². The fraction of sp³-hybridized carbons (Fsp3) is 0.438. The van der Waals surface area contributed by atoms with Crippen molar-refractivity contribution in [3.8, 4) is 12.3 Å². The number of piperidine rings is 1. The molecule has 1 atom stereocenters. The van der Waals surface area contributed by atoms with Crippen LogP contribution in [0.4, 0.5) is 4.39 Å². The summed E-state index contributed by atoms with van der Waals surface area (Å²) in [5, 5.41) is 9.60. The first-order valence-electron chi connectivity index (χ1n) is 6.82.